The maximum atomic E-state index is 11.1. The number of anilines is 2. The molecule has 1 saturated carbocycles. The summed E-state index contributed by atoms with van der Waals surface area (Å²) in [7, 11) is 0. The quantitative estimate of drug-likeness (QED) is 0.820. The van der Waals surface area contributed by atoms with Crippen molar-refractivity contribution in [3.05, 3.63) is 24.3 Å². The first-order valence-electron chi connectivity index (χ1n) is 5.58. The van der Waals surface area contributed by atoms with Crippen LogP contribution in [-0.2, 0) is 4.74 Å². The van der Waals surface area contributed by atoms with E-state index in [2.05, 4.69) is 10.6 Å². The van der Waals surface area contributed by atoms with Crippen LogP contribution in [-0.4, -0.2) is 18.7 Å². The summed E-state index contributed by atoms with van der Waals surface area (Å²) in [5.41, 5.74) is 1.84. The Morgan fingerprint density at radius 3 is 2.50 bits per heavy atom. The predicted octanol–water partition coefficient (Wildman–Crippen LogP) is 2.83. The Hall–Kier alpha value is -1.71. The van der Waals surface area contributed by atoms with Crippen molar-refractivity contribution in [3.8, 4) is 0 Å². The zero-order valence-corrected chi connectivity index (χ0v) is 9.32. The van der Waals surface area contributed by atoms with E-state index in [1.807, 2.05) is 24.3 Å². The summed E-state index contributed by atoms with van der Waals surface area (Å²) in [6, 6.07) is 8.28. The summed E-state index contributed by atoms with van der Waals surface area (Å²) in [4.78, 5) is 11.1. The van der Waals surface area contributed by atoms with Gasteiger partial charge >= 0.3 is 6.09 Å². The molecule has 1 aliphatic rings. The molecular weight excluding hydrogens is 204 g/mol. The van der Waals surface area contributed by atoms with Crippen LogP contribution in [0.15, 0.2) is 24.3 Å². The molecule has 1 aromatic carbocycles. The first-order chi connectivity index (χ1) is 7.78. The Morgan fingerprint density at radius 2 is 1.94 bits per heavy atom. The van der Waals surface area contributed by atoms with E-state index < -0.39 is 6.09 Å². The topological polar surface area (TPSA) is 50.4 Å². The van der Waals surface area contributed by atoms with E-state index in [0.29, 0.717) is 12.6 Å². The van der Waals surface area contributed by atoms with Gasteiger partial charge in [0.1, 0.15) is 0 Å². The molecule has 16 heavy (non-hydrogen) atoms. The molecule has 0 unspecified atom stereocenters. The number of carbonyl (C=O) groups is 1. The number of hydrogen-bond donors (Lipinski definition) is 2. The average Bonchev–Trinajstić information content (AvgIpc) is 3.05. The van der Waals surface area contributed by atoms with Crippen LogP contribution < -0.4 is 10.6 Å². The monoisotopic (exact) mass is 220 g/mol. The molecule has 0 spiro atoms. The lowest BCUT2D eigenvalue weighted by Gasteiger charge is -2.07. The zero-order chi connectivity index (χ0) is 11.4. The molecule has 2 rings (SSSR count). The van der Waals surface area contributed by atoms with Gasteiger partial charge in [0.2, 0.25) is 0 Å². The Balaban J connectivity index is 1.87. The number of hydrogen-bond acceptors (Lipinski definition) is 3. The van der Waals surface area contributed by atoms with Crippen LogP contribution in [0.5, 0.6) is 0 Å². The van der Waals surface area contributed by atoms with Crippen molar-refractivity contribution < 1.29 is 9.53 Å². The lowest BCUT2D eigenvalue weighted by molar-refractivity contribution is 0.168. The van der Waals surface area contributed by atoms with Gasteiger partial charge < -0.3 is 10.1 Å². The van der Waals surface area contributed by atoms with E-state index in [0.717, 1.165) is 11.4 Å². The van der Waals surface area contributed by atoms with Crippen LogP contribution in [0.25, 0.3) is 0 Å². The molecule has 4 heteroatoms. The van der Waals surface area contributed by atoms with Gasteiger partial charge in [0.25, 0.3) is 0 Å². The maximum absolute atomic E-state index is 11.1. The van der Waals surface area contributed by atoms with Crippen molar-refractivity contribution >= 4 is 17.5 Å². The normalized spacial score (nSPS) is 14.3. The third kappa shape index (κ3) is 3.15. The molecule has 0 atom stereocenters. The molecule has 86 valence electrons. The van der Waals surface area contributed by atoms with Gasteiger partial charge in [0, 0.05) is 17.4 Å². The Kier molecular flexibility index (Phi) is 3.29. The molecule has 1 fully saturated rings. The fourth-order valence-electron chi connectivity index (χ4n) is 1.40. The molecule has 0 aliphatic heterocycles. The van der Waals surface area contributed by atoms with E-state index in [4.69, 9.17) is 4.74 Å². The lowest BCUT2D eigenvalue weighted by atomic mass is 10.3. The summed E-state index contributed by atoms with van der Waals surface area (Å²) in [5, 5.41) is 6.03. The van der Waals surface area contributed by atoms with Gasteiger partial charge in [-0.15, -0.1) is 0 Å². The molecule has 0 heterocycles. The highest BCUT2D eigenvalue weighted by Gasteiger charge is 2.20. The van der Waals surface area contributed by atoms with Crippen LogP contribution >= 0.6 is 0 Å². The predicted molar refractivity (Wildman–Crippen MR) is 63.7 cm³/mol. The number of carbonyl (C=O) groups excluding carboxylic acids is 1. The van der Waals surface area contributed by atoms with Gasteiger partial charge in [-0.25, -0.2) is 4.79 Å². The first kappa shape index (κ1) is 10.8. The van der Waals surface area contributed by atoms with Gasteiger partial charge in [0.15, 0.2) is 0 Å². The Bertz CT molecular complexity index is 358. The van der Waals surface area contributed by atoms with E-state index in [-0.39, 0.29) is 0 Å². The fraction of sp³-hybridized carbons (Fsp3) is 0.417. The minimum Gasteiger partial charge on any atom is -0.450 e. The largest absolute Gasteiger partial charge is 0.450 e. The van der Waals surface area contributed by atoms with Crippen LogP contribution in [0.1, 0.15) is 19.8 Å². The molecule has 0 saturated heterocycles. The molecule has 0 bridgehead atoms. The van der Waals surface area contributed by atoms with Gasteiger partial charge in [-0.05, 0) is 44.0 Å². The second kappa shape index (κ2) is 4.88. The Labute approximate surface area is 95.0 Å². The number of amides is 1. The van der Waals surface area contributed by atoms with Gasteiger partial charge in [-0.1, -0.05) is 0 Å². The summed E-state index contributed by atoms with van der Waals surface area (Å²) in [6.45, 7) is 2.16. The van der Waals surface area contributed by atoms with E-state index in [9.17, 15) is 4.79 Å². The second-order valence-corrected chi connectivity index (χ2v) is 3.84. The molecular formula is C12H16N2O2. The highest BCUT2D eigenvalue weighted by Crippen LogP contribution is 2.25. The van der Waals surface area contributed by atoms with Crippen molar-refractivity contribution in [1.29, 1.82) is 0 Å². The fourth-order valence-corrected chi connectivity index (χ4v) is 1.40. The third-order valence-electron chi connectivity index (χ3n) is 2.35. The molecule has 1 amide bonds. The van der Waals surface area contributed by atoms with Crippen molar-refractivity contribution in [1.82, 2.24) is 0 Å². The standard InChI is InChI=1S/C12H16N2O2/c1-2-16-12(15)14-11-7-5-10(6-8-11)13-9-3-4-9/h5-9,13H,2-4H2,1H3,(H,14,15). The summed E-state index contributed by atoms with van der Waals surface area (Å²) >= 11 is 0. The number of nitrogens with one attached hydrogen (secondary N) is 2. The molecule has 1 aliphatic carbocycles. The van der Waals surface area contributed by atoms with Crippen LogP contribution in [0.3, 0.4) is 0 Å². The highest BCUT2D eigenvalue weighted by atomic mass is 16.5. The van der Waals surface area contributed by atoms with Crippen molar-refractivity contribution in [2.24, 2.45) is 0 Å². The first-order valence-corrected chi connectivity index (χ1v) is 5.58. The summed E-state index contributed by atoms with van der Waals surface area (Å²) in [6.07, 6.45) is 2.09. The number of benzene rings is 1. The van der Waals surface area contributed by atoms with Crippen molar-refractivity contribution in [3.63, 3.8) is 0 Å². The SMILES string of the molecule is CCOC(=O)Nc1ccc(NC2CC2)cc1. The average molecular weight is 220 g/mol. The van der Waals surface area contributed by atoms with Crippen molar-refractivity contribution in [2.75, 3.05) is 17.2 Å². The molecule has 1 aromatic rings. The second-order valence-electron chi connectivity index (χ2n) is 3.84. The van der Waals surface area contributed by atoms with Crippen LogP contribution in [0.4, 0.5) is 16.2 Å². The maximum Gasteiger partial charge on any atom is 0.411 e. The molecule has 4 nitrogen and oxygen atoms in total. The molecule has 2 N–H and O–H groups in total. The van der Waals surface area contributed by atoms with Crippen molar-refractivity contribution in [2.45, 2.75) is 25.8 Å². The van der Waals surface area contributed by atoms with Gasteiger partial charge in [-0.2, -0.15) is 0 Å². The van der Waals surface area contributed by atoms with Crippen LogP contribution in [0.2, 0.25) is 0 Å². The molecule has 0 aromatic heterocycles. The number of ether oxygens (including phenoxy) is 1. The van der Waals surface area contributed by atoms with E-state index in [1.165, 1.54) is 12.8 Å². The highest BCUT2D eigenvalue weighted by molar-refractivity contribution is 5.84. The summed E-state index contributed by atoms with van der Waals surface area (Å²) < 4.78 is 4.78. The third-order valence-corrected chi connectivity index (χ3v) is 2.35. The number of rotatable bonds is 4. The molecule has 0 radical (unpaired) electrons. The zero-order valence-electron chi connectivity index (χ0n) is 9.32. The van der Waals surface area contributed by atoms with E-state index >= 15 is 0 Å². The van der Waals surface area contributed by atoms with Crippen LogP contribution in [0, 0.1) is 0 Å². The smallest absolute Gasteiger partial charge is 0.411 e. The summed E-state index contributed by atoms with van der Waals surface area (Å²) in [5.74, 6) is 0. The van der Waals surface area contributed by atoms with E-state index in [1.54, 1.807) is 6.92 Å². The Morgan fingerprint density at radius 1 is 1.31 bits per heavy atom. The minimum absolute atomic E-state index is 0.382. The minimum atomic E-state index is -0.412. The lowest BCUT2D eigenvalue weighted by Crippen LogP contribution is -2.13. The van der Waals surface area contributed by atoms with Gasteiger partial charge in [-0.3, -0.25) is 5.32 Å². The van der Waals surface area contributed by atoms with Gasteiger partial charge in [0.05, 0.1) is 6.61 Å².